The largest absolute Gasteiger partial charge is 0.377 e. The number of likely N-dealkylation sites (tertiary alicyclic amines) is 1. The average molecular weight is 558 g/mol. The Balaban J connectivity index is 1.45. The van der Waals surface area contributed by atoms with Gasteiger partial charge in [-0.1, -0.05) is 110 Å². The van der Waals surface area contributed by atoms with Gasteiger partial charge in [0.2, 0.25) is 0 Å². The third-order valence-electron chi connectivity index (χ3n) is 7.19. The van der Waals surface area contributed by atoms with Crippen molar-refractivity contribution >= 4 is 5.91 Å². The van der Waals surface area contributed by atoms with Gasteiger partial charge in [0, 0.05) is 19.7 Å². The minimum absolute atomic E-state index is 0.0344. The molecule has 1 fully saturated rings. The van der Waals surface area contributed by atoms with Crippen LogP contribution in [0.1, 0.15) is 42.4 Å². The van der Waals surface area contributed by atoms with Crippen LogP contribution in [0.5, 0.6) is 0 Å². The zero-order chi connectivity index (χ0) is 28.5. The van der Waals surface area contributed by atoms with E-state index < -0.39 is 12.2 Å². The summed E-state index contributed by atoms with van der Waals surface area (Å²) in [4.78, 5) is 15.8. The standard InChI is InChI=1S/C35H43NO5/c1-2-23-38-24-15-4-3-14-22-36-25-32(39-26-29-16-8-5-9-17-29)33(40-27-30-18-10-6-11-19-30)34(35(36)37)41-28-31-20-12-7-13-21-31/h2,5-13,16-21,32-34H,1,3-4,14-15,22-28H2/t32-,33+,34-/m0/s1. The molecule has 0 bridgehead atoms. The smallest absolute Gasteiger partial charge is 0.254 e. The highest BCUT2D eigenvalue weighted by molar-refractivity contribution is 5.82. The quantitative estimate of drug-likeness (QED) is 0.135. The number of piperidine rings is 1. The molecule has 1 aliphatic rings. The summed E-state index contributed by atoms with van der Waals surface area (Å²) in [5, 5.41) is 0. The fraction of sp³-hybridized carbons (Fsp3) is 0.400. The Morgan fingerprint density at radius 2 is 1.24 bits per heavy atom. The van der Waals surface area contributed by atoms with E-state index in [0.717, 1.165) is 49.0 Å². The lowest BCUT2D eigenvalue weighted by Gasteiger charge is -2.42. The molecule has 1 amide bonds. The second kappa shape index (κ2) is 17.5. The molecule has 0 unspecified atom stereocenters. The first-order valence-electron chi connectivity index (χ1n) is 14.7. The van der Waals surface area contributed by atoms with Crippen LogP contribution in [0.15, 0.2) is 104 Å². The van der Waals surface area contributed by atoms with Gasteiger partial charge in [-0.25, -0.2) is 0 Å². The van der Waals surface area contributed by atoms with Crippen molar-refractivity contribution in [3.8, 4) is 0 Å². The molecule has 218 valence electrons. The molecule has 0 aliphatic carbocycles. The number of hydrogen-bond acceptors (Lipinski definition) is 5. The van der Waals surface area contributed by atoms with Crippen LogP contribution in [0.25, 0.3) is 0 Å². The summed E-state index contributed by atoms with van der Waals surface area (Å²) in [7, 11) is 0. The van der Waals surface area contributed by atoms with Crippen molar-refractivity contribution in [3.63, 3.8) is 0 Å². The lowest BCUT2D eigenvalue weighted by molar-refractivity contribution is -0.196. The number of carbonyl (C=O) groups excluding carboxylic acids is 1. The maximum atomic E-state index is 13.9. The Labute approximate surface area is 244 Å². The predicted molar refractivity (Wildman–Crippen MR) is 161 cm³/mol. The molecule has 0 saturated carbocycles. The fourth-order valence-electron chi connectivity index (χ4n) is 4.97. The first kappa shape index (κ1) is 30.7. The van der Waals surface area contributed by atoms with E-state index in [1.807, 2.05) is 95.9 Å². The van der Waals surface area contributed by atoms with Gasteiger partial charge in [-0.3, -0.25) is 4.79 Å². The molecule has 0 radical (unpaired) electrons. The minimum Gasteiger partial charge on any atom is -0.377 e. The van der Waals surface area contributed by atoms with E-state index in [1.54, 1.807) is 6.08 Å². The van der Waals surface area contributed by atoms with Crippen LogP contribution >= 0.6 is 0 Å². The molecular weight excluding hydrogens is 514 g/mol. The van der Waals surface area contributed by atoms with E-state index in [4.69, 9.17) is 18.9 Å². The molecule has 1 saturated heterocycles. The van der Waals surface area contributed by atoms with Crippen molar-refractivity contribution in [2.24, 2.45) is 0 Å². The second-order valence-electron chi connectivity index (χ2n) is 10.4. The van der Waals surface area contributed by atoms with E-state index >= 15 is 0 Å². The molecular formula is C35H43NO5. The molecule has 1 heterocycles. The third kappa shape index (κ3) is 10.2. The molecule has 0 N–H and O–H groups in total. The molecule has 3 aromatic carbocycles. The number of benzene rings is 3. The number of hydrogen-bond donors (Lipinski definition) is 0. The molecule has 1 aliphatic heterocycles. The Morgan fingerprint density at radius 1 is 0.707 bits per heavy atom. The van der Waals surface area contributed by atoms with Crippen molar-refractivity contribution in [3.05, 3.63) is 120 Å². The fourth-order valence-corrected chi connectivity index (χ4v) is 4.97. The topological polar surface area (TPSA) is 57.2 Å². The van der Waals surface area contributed by atoms with Gasteiger partial charge in [0.25, 0.3) is 5.91 Å². The number of rotatable bonds is 18. The number of ether oxygens (including phenoxy) is 4. The van der Waals surface area contributed by atoms with E-state index in [9.17, 15) is 4.79 Å². The maximum Gasteiger partial charge on any atom is 0.254 e. The van der Waals surface area contributed by atoms with E-state index in [1.165, 1.54) is 0 Å². The van der Waals surface area contributed by atoms with Crippen LogP contribution in [-0.4, -0.2) is 55.4 Å². The zero-order valence-corrected chi connectivity index (χ0v) is 23.9. The summed E-state index contributed by atoms with van der Waals surface area (Å²) < 4.78 is 24.8. The maximum absolute atomic E-state index is 13.9. The Kier molecular flexibility index (Phi) is 13.1. The van der Waals surface area contributed by atoms with Crippen LogP contribution in [0.4, 0.5) is 0 Å². The molecule has 41 heavy (non-hydrogen) atoms. The number of amides is 1. The minimum atomic E-state index is -0.763. The molecule has 3 aromatic rings. The van der Waals surface area contributed by atoms with Crippen LogP contribution in [-0.2, 0) is 43.6 Å². The van der Waals surface area contributed by atoms with E-state index in [2.05, 4.69) is 6.58 Å². The van der Waals surface area contributed by atoms with Crippen molar-refractivity contribution < 1.29 is 23.7 Å². The van der Waals surface area contributed by atoms with Crippen LogP contribution in [0.3, 0.4) is 0 Å². The Bertz CT molecular complexity index is 1140. The molecule has 0 spiro atoms. The van der Waals surface area contributed by atoms with Gasteiger partial charge >= 0.3 is 0 Å². The van der Waals surface area contributed by atoms with Crippen LogP contribution < -0.4 is 0 Å². The normalized spacial score (nSPS) is 18.9. The lowest BCUT2D eigenvalue weighted by atomic mass is 9.99. The van der Waals surface area contributed by atoms with Gasteiger partial charge in [-0.05, 0) is 29.5 Å². The van der Waals surface area contributed by atoms with Crippen LogP contribution in [0, 0.1) is 0 Å². The van der Waals surface area contributed by atoms with Crippen molar-refractivity contribution in [2.45, 2.75) is 63.8 Å². The average Bonchev–Trinajstić information content (AvgIpc) is 3.02. The van der Waals surface area contributed by atoms with Gasteiger partial charge in [-0.2, -0.15) is 0 Å². The van der Waals surface area contributed by atoms with Crippen LogP contribution in [0.2, 0.25) is 0 Å². The highest BCUT2D eigenvalue weighted by atomic mass is 16.6. The SMILES string of the molecule is C=CCOCCCCCCN1C[C@H](OCc2ccccc2)[C@@H](OCc2ccccc2)[C@H](OCc2ccccc2)C1=O. The van der Waals surface area contributed by atoms with Gasteiger partial charge < -0.3 is 23.8 Å². The van der Waals surface area contributed by atoms with Crippen molar-refractivity contribution in [1.82, 2.24) is 4.90 Å². The second-order valence-corrected chi connectivity index (χ2v) is 10.4. The summed E-state index contributed by atoms with van der Waals surface area (Å²) in [5.41, 5.74) is 3.14. The Morgan fingerprint density at radius 3 is 1.83 bits per heavy atom. The van der Waals surface area contributed by atoms with E-state index in [-0.39, 0.29) is 12.0 Å². The summed E-state index contributed by atoms with van der Waals surface area (Å²) in [5.74, 6) is -0.0344. The summed E-state index contributed by atoms with van der Waals surface area (Å²) in [6.07, 6.45) is 4.15. The number of nitrogens with zero attached hydrogens (tertiary/aromatic N) is 1. The highest BCUT2D eigenvalue weighted by Crippen LogP contribution is 2.26. The van der Waals surface area contributed by atoms with Gasteiger partial charge in [0.05, 0.1) is 26.4 Å². The first-order valence-corrected chi connectivity index (χ1v) is 14.7. The first-order chi connectivity index (χ1) is 20.2. The molecule has 6 heteroatoms. The number of unbranched alkanes of at least 4 members (excludes halogenated alkanes) is 3. The number of carbonyl (C=O) groups is 1. The lowest BCUT2D eigenvalue weighted by Crippen LogP contribution is -2.61. The van der Waals surface area contributed by atoms with Crippen molar-refractivity contribution in [1.29, 1.82) is 0 Å². The van der Waals surface area contributed by atoms with E-state index in [0.29, 0.717) is 39.5 Å². The summed E-state index contributed by atoms with van der Waals surface area (Å²) >= 11 is 0. The molecule has 0 aromatic heterocycles. The van der Waals surface area contributed by atoms with Gasteiger partial charge in [0.1, 0.15) is 12.2 Å². The summed E-state index contributed by atoms with van der Waals surface area (Å²) in [6, 6.07) is 30.1. The summed E-state index contributed by atoms with van der Waals surface area (Å²) in [6.45, 7) is 7.28. The molecule has 6 nitrogen and oxygen atoms in total. The van der Waals surface area contributed by atoms with Gasteiger partial charge in [-0.15, -0.1) is 6.58 Å². The Hall–Kier alpha value is -3.29. The predicted octanol–water partition coefficient (Wildman–Crippen LogP) is 6.35. The van der Waals surface area contributed by atoms with Crippen molar-refractivity contribution in [2.75, 3.05) is 26.3 Å². The monoisotopic (exact) mass is 557 g/mol. The highest BCUT2D eigenvalue weighted by Gasteiger charge is 2.45. The third-order valence-corrected chi connectivity index (χ3v) is 7.19. The zero-order valence-electron chi connectivity index (χ0n) is 23.9. The van der Waals surface area contributed by atoms with Gasteiger partial charge in [0.15, 0.2) is 6.10 Å². The molecule has 4 rings (SSSR count). The molecule has 3 atom stereocenters.